The fourth-order valence-corrected chi connectivity index (χ4v) is 1.80. The van der Waals surface area contributed by atoms with Gasteiger partial charge >= 0.3 is 0 Å². The molecule has 90 valence electrons. The number of imidazole rings is 1. The number of aromatic amines is 1. The van der Waals surface area contributed by atoms with Crippen molar-refractivity contribution in [2.24, 2.45) is 0 Å². The molecule has 0 fully saturated rings. The van der Waals surface area contributed by atoms with E-state index in [4.69, 9.17) is 11.6 Å². The Bertz CT molecular complexity index is 469. The van der Waals surface area contributed by atoms with Crippen molar-refractivity contribution in [3.63, 3.8) is 0 Å². The van der Waals surface area contributed by atoms with Crippen LogP contribution >= 0.6 is 11.6 Å². The van der Waals surface area contributed by atoms with Crippen LogP contribution in [0.1, 0.15) is 24.6 Å². The summed E-state index contributed by atoms with van der Waals surface area (Å²) in [5, 5.41) is 3.76. The molecule has 2 aromatic rings. The minimum Gasteiger partial charge on any atom is -0.364 e. The van der Waals surface area contributed by atoms with Crippen LogP contribution in [0.25, 0.3) is 0 Å². The van der Waals surface area contributed by atoms with Crippen molar-refractivity contribution in [2.75, 3.05) is 5.32 Å². The maximum atomic E-state index is 6.06. The third kappa shape index (κ3) is 2.94. The van der Waals surface area contributed by atoms with Gasteiger partial charge in [-0.25, -0.2) is 15.0 Å². The first-order chi connectivity index (χ1) is 8.31. The summed E-state index contributed by atoms with van der Waals surface area (Å²) in [6, 6.07) is 0. The molecular formula is C11H14ClN5. The number of nitrogens with one attached hydrogen (secondary N) is 2. The molecule has 0 spiro atoms. The lowest BCUT2D eigenvalue weighted by Crippen LogP contribution is -2.06. The van der Waals surface area contributed by atoms with E-state index in [1.807, 2.05) is 0 Å². The Hall–Kier alpha value is -1.62. The summed E-state index contributed by atoms with van der Waals surface area (Å²) in [4.78, 5) is 15.2. The van der Waals surface area contributed by atoms with Crippen LogP contribution in [-0.2, 0) is 13.0 Å². The summed E-state index contributed by atoms with van der Waals surface area (Å²) in [6.45, 7) is 2.74. The van der Waals surface area contributed by atoms with E-state index in [9.17, 15) is 0 Å². The lowest BCUT2D eigenvalue weighted by atomic mass is 10.2. The van der Waals surface area contributed by atoms with Gasteiger partial charge in [0.2, 0.25) is 0 Å². The topological polar surface area (TPSA) is 66.5 Å². The summed E-state index contributed by atoms with van der Waals surface area (Å²) < 4.78 is 0. The number of rotatable bonds is 5. The van der Waals surface area contributed by atoms with Crippen LogP contribution in [0.4, 0.5) is 5.82 Å². The maximum Gasteiger partial charge on any atom is 0.137 e. The fourth-order valence-electron chi connectivity index (χ4n) is 1.58. The number of hydrogen-bond acceptors (Lipinski definition) is 4. The minimum absolute atomic E-state index is 0.522. The molecule has 0 aliphatic rings. The van der Waals surface area contributed by atoms with Crippen LogP contribution in [0.5, 0.6) is 0 Å². The van der Waals surface area contributed by atoms with Crippen LogP contribution in [0.15, 0.2) is 18.9 Å². The molecule has 0 aliphatic carbocycles. The normalized spacial score (nSPS) is 10.5. The molecule has 2 heterocycles. The second kappa shape index (κ2) is 5.63. The predicted octanol–water partition coefficient (Wildman–Crippen LogP) is 2.42. The van der Waals surface area contributed by atoms with E-state index in [-0.39, 0.29) is 0 Å². The van der Waals surface area contributed by atoms with Crippen LogP contribution < -0.4 is 5.32 Å². The summed E-state index contributed by atoms with van der Waals surface area (Å²) in [5.41, 5.74) is 1.97. The van der Waals surface area contributed by atoms with Gasteiger partial charge in [0.15, 0.2) is 0 Å². The Labute approximate surface area is 105 Å². The van der Waals surface area contributed by atoms with E-state index in [1.54, 1.807) is 12.5 Å². The largest absolute Gasteiger partial charge is 0.364 e. The molecule has 0 atom stereocenters. The van der Waals surface area contributed by atoms with Gasteiger partial charge in [-0.05, 0) is 6.42 Å². The first kappa shape index (κ1) is 11.9. The van der Waals surface area contributed by atoms with Crippen LogP contribution in [0.3, 0.4) is 0 Å². The molecule has 2 N–H and O–H groups in total. The Kier molecular flexibility index (Phi) is 3.93. The Morgan fingerprint density at radius 1 is 1.41 bits per heavy atom. The second-order valence-corrected chi connectivity index (χ2v) is 4.03. The first-order valence-corrected chi connectivity index (χ1v) is 5.89. The zero-order chi connectivity index (χ0) is 12.1. The van der Waals surface area contributed by atoms with Gasteiger partial charge in [-0.15, -0.1) is 0 Å². The lowest BCUT2D eigenvalue weighted by molar-refractivity contribution is 0.895. The molecule has 0 bridgehead atoms. The SMILES string of the molecule is CCCc1c(Cl)ncnc1NCc1cnc[nH]1. The molecule has 6 heteroatoms. The van der Waals surface area contributed by atoms with Crippen molar-refractivity contribution in [1.82, 2.24) is 19.9 Å². The zero-order valence-electron chi connectivity index (χ0n) is 9.57. The molecule has 2 rings (SSSR count). The number of aromatic nitrogens is 4. The molecule has 0 aromatic carbocycles. The predicted molar refractivity (Wildman–Crippen MR) is 67.0 cm³/mol. The maximum absolute atomic E-state index is 6.06. The van der Waals surface area contributed by atoms with E-state index in [2.05, 4.69) is 32.2 Å². The van der Waals surface area contributed by atoms with Crippen molar-refractivity contribution in [1.29, 1.82) is 0 Å². The molecule has 0 unspecified atom stereocenters. The molecule has 5 nitrogen and oxygen atoms in total. The van der Waals surface area contributed by atoms with Gasteiger partial charge in [-0.1, -0.05) is 24.9 Å². The molecule has 0 radical (unpaired) electrons. The first-order valence-electron chi connectivity index (χ1n) is 5.51. The second-order valence-electron chi connectivity index (χ2n) is 3.67. The van der Waals surface area contributed by atoms with E-state index in [0.29, 0.717) is 11.7 Å². The van der Waals surface area contributed by atoms with E-state index in [0.717, 1.165) is 29.9 Å². The highest BCUT2D eigenvalue weighted by atomic mass is 35.5. The highest BCUT2D eigenvalue weighted by molar-refractivity contribution is 6.30. The number of halogens is 1. The standard InChI is InChI=1S/C11H14ClN5/c1-2-3-9-10(12)16-7-17-11(9)14-5-8-4-13-6-15-8/h4,6-7H,2-3,5H2,1H3,(H,13,15)(H,14,16,17). The summed E-state index contributed by atoms with van der Waals surface area (Å²) in [6.07, 6.45) is 6.76. The molecule has 2 aromatic heterocycles. The van der Waals surface area contributed by atoms with E-state index >= 15 is 0 Å². The fraction of sp³-hybridized carbons (Fsp3) is 0.364. The highest BCUT2D eigenvalue weighted by Gasteiger charge is 2.08. The van der Waals surface area contributed by atoms with Gasteiger partial charge in [0.1, 0.15) is 17.3 Å². The number of anilines is 1. The van der Waals surface area contributed by atoms with E-state index in [1.165, 1.54) is 6.33 Å². The summed E-state index contributed by atoms with van der Waals surface area (Å²) in [5.74, 6) is 0.793. The Balaban J connectivity index is 2.11. The van der Waals surface area contributed by atoms with Gasteiger partial charge in [-0.3, -0.25) is 0 Å². The quantitative estimate of drug-likeness (QED) is 0.801. The highest BCUT2D eigenvalue weighted by Crippen LogP contribution is 2.21. The molecule has 0 amide bonds. The third-order valence-corrected chi connectivity index (χ3v) is 2.72. The van der Waals surface area contributed by atoms with Gasteiger partial charge in [0.25, 0.3) is 0 Å². The lowest BCUT2D eigenvalue weighted by Gasteiger charge is -2.10. The van der Waals surface area contributed by atoms with Crippen molar-refractivity contribution in [2.45, 2.75) is 26.3 Å². The molecule has 0 saturated heterocycles. The average Bonchev–Trinajstić information content (AvgIpc) is 2.83. The molecule has 0 aliphatic heterocycles. The third-order valence-electron chi connectivity index (χ3n) is 2.39. The van der Waals surface area contributed by atoms with Crippen LogP contribution in [0.2, 0.25) is 5.15 Å². The summed E-state index contributed by atoms with van der Waals surface area (Å²) >= 11 is 6.06. The Morgan fingerprint density at radius 2 is 2.29 bits per heavy atom. The number of hydrogen-bond donors (Lipinski definition) is 2. The van der Waals surface area contributed by atoms with Crippen molar-refractivity contribution >= 4 is 17.4 Å². The zero-order valence-corrected chi connectivity index (χ0v) is 10.3. The summed E-state index contributed by atoms with van der Waals surface area (Å²) in [7, 11) is 0. The van der Waals surface area contributed by atoms with Crippen LogP contribution in [-0.4, -0.2) is 19.9 Å². The van der Waals surface area contributed by atoms with Gasteiger partial charge in [0.05, 0.1) is 18.6 Å². The van der Waals surface area contributed by atoms with Gasteiger partial charge in [-0.2, -0.15) is 0 Å². The van der Waals surface area contributed by atoms with Gasteiger partial charge in [0, 0.05) is 11.8 Å². The van der Waals surface area contributed by atoms with E-state index < -0.39 is 0 Å². The molecular weight excluding hydrogens is 238 g/mol. The van der Waals surface area contributed by atoms with Crippen molar-refractivity contribution in [3.05, 3.63) is 35.3 Å². The Morgan fingerprint density at radius 3 is 3.00 bits per heavy atom. The van der Waals surface area contributed by atoms with Crippen molar-refractivity contribution in [3.8, 4) is 0 Å². The number of nitrogens with zero attached hydrogens (tertiary/aromatic N) is 3. The number of H-pyrrole nitrogens is 1. The van der Waals surface area contributed by atoms with Crippen molar-refractivity contribution < 1.29 is 0 Å². The molecule has 0 saturated carbocycles. The van der Waals surface area contributed by atoms with Crippen LogP contribution in [0, 0.1) is 0 Å². The monoisotopic (exact) mass is 251 g/mol. The minimum atomic E-state index is 0.522. The smallest absolute Gasteiger partial charge is 0.137 e. The molecule has 17 heavy (non-hydrogen) atoms. The van der Waals surface area contributed by atoms with Gasteiger partial charge < -0.3 is 10.3 Å². The average molecular weight is 252 g/mol.